The van der Waals surface area contributed by atoms with Gasteiger partial charge >= 0.3 is 0 Å². The highest BCUT2D eigenvalue weighted by molar-refractivity contribution is 4.96. The van der Waals surface area contributed by atoms with Crippen LogP contribution in [0.3, 0.4) is 0 Å². The number of aliphatic hydroxyl groups is 2. The number of allylic oxidation sites excluding steroid dienone is 2. The Kier molecular flexibility index (Phi) is 5.20. The Morgan fingerprint density at radius 2 is 1.42 bits per heavy atom. The minimum absolute atomic E-state index is 0.401. The largest absolute Gasteiger partial charge is 0.390 e. The van der Waals surface area contributed by atoms with Gasteiger partial charge in [0.05, 0.1) is 24.4 Å². The minimum atomic E-state index is -0.531. The number of rotatable bonds is 2. The molecule has 6 atom stereocenters. The molecular weight excluding hydrogens is 240 g/mol. The lowest BCUT2D eigenvalue weighted by atomic mass is 9.86. The second kappa shape index (κ2) is 6.69. The molecule has 6 unspecified atom stereocenters. The second-order valence-electron chi connectivity index (χ2n) is 5.97. The number of hydrogen-bond acceptors (Lipinski definition) is 3. The molecule has 2 aliphatic carbocycles. The highest BCUT2D eigenvalue weighted by Gasteiger charge is 2.42. The minimum Gasteiger partial charge on any atom is -0.390 e. The van der Waals surface area contributed by atoms with Crippen molar-refractivity contribution in [2.45, 2.75) is 62.9 Å². The number of epoxide rings is 1. The van der Waals surface area contributed by atoms with Crippen molar-refractivity contribution < 1.29 is 14.9 Å². The molecule has 19 heavy (non-hydrogen) atoms. The number of ether oxygens (including phenoxy) is 1. The maximum absolute atomic E-state index is 9.18. The molecule has 108 valence electrons. The zero-order valence-corrected chi connectivity index (χ0v) is 11.6. The quantitative estimate of drug-likeness (QED) is 0.596. The summed E-state index contributed by atoms with van der Waals surface area (Å²) in [6, 6.07) is 0. The average Bonchev–Trinajstić information content (AvgIpc) is 3.20. The van der Waals surface area contributed by atoms with E-state index in [1.165, 1.54) is 19.3 Å². The zero-order chi connectivity index (χ0) is 13.8. The van der Waals surface area contributed by atoms with Crippen LogP contribution in [0, 0.1) is 11.8 Å². The van der Waals surface area contributed by atoms with Gasteiger partial charge in [-0.15, -0.1) is 13.2 Å². The maximum Gasteiger partial charge on any atom is 0.0847 e. The lowest BCUT2D eigenvalue weighted by Gasteiger charge is -2.27. The van der Waals surface area contributed by atoms with Crippen LogP contribution >= 0.6 is 0 Å². The second-order valence-corrected chi connectivity index (χ2v) is 5.97. The molecule has 0 bridgehead atoms. The van der Waals surface area contributed by atoms with Crippen LogP contribution in [0.5, 0.6) is 0 Å². The molecule has 3 heteroatoms. The standard InChI is InChI=1S/C8H14O2.C8H12O/c1-2-6-3-4-7(9)8(10)5-6;1-2-6-3-4-7-8(5-6)9-7/h2,6-10H,1,3-5H2;2,6-8H,1,3-5H2. The first-order valence-corrected chi connectivity index (χ1v) is 7.40. The molecule has 0 aromatic heterocycles. The molecule has 3 fully saturated rings. The first-order chi connectivity index (χ1) is 9.13. The van der Waals surface area contributed by atoms with Gasteiger partial charge in [-0.3, -0.25) is 0 Å². The normalized spacial score (nSPS) is 44.3. The van der Waals surface area contributed by atoms with Gasteiger partial charge in [0.15, 0.2) is 0 Å². The summed E-state index contributed by atoms with van der Waals surface area (Å²) in [6.45, 7) is 7.43. The van der Waals surface area contributed by atoms with Crippen LogP contribution in [0.15, 0.2) is 25.3 Å². The lowest BCUT2D eigenvalue weighted by molar-refractivity contribution is -0.0188. The van der Waals surface area contributed by atoms with Crippen molar-refractivity contribution in [3.63, 3.8) is 0 Å². The Hall–Kier alpha value is -0.640. The van der Waals surface area contributed by atoms with Crippen molar-refractivity contribution in [2.75, 3.05) is 0 Å². The van der Waals surface area contributed by atoms with Crippen LogP contribution < -0.4 is 0 Å². The molecule has 0 radical (unpaired) electrons. The third-order valence-electron chi connectivity index (χ3n) is 4.53. The van der Waals surface area contributed by atoms with E-state index in [2.05, 4.69) is 19.2 Å². The smallest absolute Gasteiger partial charge is 0.0847 e. The zero-order valence-electron chi connectivity index (χ0n) is 11.6. The number of aliphatic hydroxyl groups excluding tert-OH is 2. The Morgan fingerprint density at radius 1 is 0.789 bits per heavy atom. The van der Waals surface area contributed by atoms with Gasteiger partial charge in [0.2, 0.25) is 0 Å². The Labute approximate surface area is 116 Å². The van der Waals surface area contributed by atoms with E-state index in [9.17, 15) is 5.11 Å². The Bertz CT molecular complexity index is 315. The fourth-order valence-corrected chi connectivity index (χ4v) is 3.03. The maximum atomic E-state index is 9.18. The van der Waals surface area contributed by atoms with Gasteiger partial charge in [-0.05, 0) is 50.4 Å². The third kappa shape index (κ3) is 4.16. The molecule has 0 amide bonds. The van der Waals surface area contributed by atoms with Crippen molar-refractivity contribution in [3.8, 4) is 0 Å². The monoisotopic (exact) mass is 266 g/mol. The Balaban J connectivity index is 0.000000141. The Morgan fingerprint density at radius 3 is 2.00 bits per heavy atom. The van der Waals surface area contributed by atoms with Gasteiger partial charge in [-0.2, -0.15) is 0 Å². The summed E-state index contributed by atoms with van der Waals surface area (Å²) in [5, 5.41) is 18.3. The van der Waals surface area contributed by atoms with Crippen molar-refractivity contribution in [3.05, 3.63) is 25.3 Å². The first kappa shape index (κ1) is 14.8. The van der Waals surface area contributed by atoms with Crippen molar-refractivity contribution in [1.82, 2.24) is 0 Å². The molecular formula is C16H26O3. The van der Waals surface area contributed by atoms with E-state index in [0.717, 1.165) is 12.3 Å². The molecule has 3 rings (SSSR count). The van der Waals surface area contributed by atoms with Gasteiger partial charge < -0.3 is 14.9 Å². The fraction of sp³-hybridized carbons (Fsp3) is 0.750. The molecule has 1 aliphatic heterocycles. The fourth-order valence-electron chi connectivity index (χ4n) is 3.03. The summed E-state index contributed by atoms with van der Waals surface area (Å²) in [5.74, 6) is 1.15. The van der Waals surface area contributed by atoms with E-state index < -0.39 is 12.2 Å². The summed E-state index contributed by atoms with van der Waals surface area (Å²) >= 11 is 0. The van der Waals surface area contributed by atoms with E-state index in [1.807, 2.05) is 6.08 Å². The van der Waals surface area contributed by atoms with Gasteiger partial charge in [0.25, 0.3) is 0 Å². The molecule has 0 aromatic carbocycles. The SMILES string of the molecule is C=CC1CCC(O)C(O)C1.C=CC1CCC2OC2C1. The van der Waals surface area contributed by atoms with Gasteiger partial charge in [0, 0.05) is 0 Å². The molecule has 2 N–H and O–H groups in total. The predicted octanol–water partition coefficient (Wildman–Crippen LogP) is 2.43. The summed E-state index contributed by atoms with van der Waals surface area (Å²) < 4.78 is 5.36. The van der Waals surface area contributed by atoms with E-state index in [-0.39, 0.29) is 0 Å². The lowest BCUT2D eigenvalue weighted by Crippen LogP contribution is -2.32. The van der Waals surface area contributed by atoms with Crippen molar-refractivity contribution in [2.24, 2.45) is 11.8 Å². The van der Waals surface area contributed by atoms with Crippen LogP contribution in [-0.4, -0.2) is 34.6 Å². The molecule has 3 aliphatic rings. The molecule has 0 spiro atoms. The van der Waals surface area contributed by atoms with Crippen molar-refractivity contribution >= 4 is 0 Å². The number of hydrogen-bond donors (Lipinski definition) is 2. The first-order valence-electron chi connectivity index (χ1n) is 7.40. The van der Waals surface area contributed by atoms with Gasteiger partial charge in [-0.25, -0.2) is 0 Å². The van der Waals surface area contributed by atoms with E-state index in [0.29, 0.717) is 31.0 Å². The van der Waals surface area contributed by atoms with E-state index in [4.69, 9.17) is 9.84 Å². The average molecular weight is 266 g/mol. The molecule has 2 saturated carbocycles. The van der Waals surface area contributed by atoms with Crippen LogP contribution in [0.2, 0.25) is 0 Å². The van der Waals surface area contributed by atoms with E-state index in [1.54, 1.807) is 0 Å². The number of fused-ring (bicyclic) bond motifs is 1. The molecule has 1 saturated heterocycles. The molecule has 1 heterocycles. The highest BCUT2D eigenvalue weighted by atomic mass is 16.6. The highest BCUT2D eigenvalue weighted by Crippen LogP contribution is 2.39. The summed E-state index contributed by atoms with van der Waals surface area (Å²) in [6.07, 6.45) is 10.3. The van der Waals surface area contributed by atoms with Crippen LogP contribution in [0.25, 0.3) is 0 Å². The predicted molar refractivity (Wildman–Crippen MR) is 75.8 cm³/mol. The van der Waals surface area contributed by atoms with Crippen molar-refractivity contribution in [1.29, 1.82) is 0 Å². The topological polar surface area (TPSA) is 53.0 Å². The summed E-state index contributed by atoms with van der Waals surface area (Å²) in [7, 11) is 0. The third-order valence-corrected chi connectivity index (χ3v) is 4.53. The van der Waals surface area contributed by atoms with E-state index >= 15 is 0 Å². The summed E-state index contributed by atoms with van der Waals surface area (Å²) in [5.41, 5.74) is 0. The van der Waals surface area contributed by atoms with Gasteiger partial charge in [-0.1, -0.05) is 12.2 Å². The van der Waals surface area contributed by atoms with Crippen LogP contribution in [-0.2, 0) is 4.74 Å². The van der Waals surface area contributed by atoms with Gasteiger partial charge in [0.1, 0.15) is 0 Å². The molecule has 3 nitrogen and oxygen atoms in total. The molecule has 0 aromatic rings. The summed E-state index contributed by atoms with van der Waals surface area (Å²) in [4.78, 5) is 0. The van der Waals surface area contributed by atoms with Crippen LogP contribution in [0.4, 0.5) is 0 Å². The van der Waals surface area contributed by atoms with Crippen LogP contribution in [0.1, 0.15) is 38.5 Å².